The fraction of sp³-hybridized carbons (Fsp3) is 0.968. The van der Waals surface area contributed by atoms with Crippen LogP contribution in [0.2, 0.25) is 0 Å². The van der Waals surface area contributed by atoms with Gasteiger partial charge in [-0.1, -0.05) is 58.3 Å². The normalized spacial score (nSPS) is 23.8. The number of hydrogen-bond donors (Lipinski definition) is 0. The number of carbonyl (C=O) groups is 1. The van der Waals surface area contributed by atoms with E-state index in [1.165, 1.54) is 51.4 Å². The van der Waals surface area contributed by atoms with E-state index in [1.54, 1.807) is 7.11 Å². The van der Waals surface area contributed by atoms with E-state index in [0.29, 0.717) is 25.7 Å². The Morgan fingerprint density at radius 1 is 0.632 bits per heavy atom. The molecule has 7 nitrogen and oxygen atoms in total. The van der Waals surface area contributed by atoms with Crippen LogP contribution in [0.1, 0.15) is 146 Å². The van der Waals surface area contributed by atoms with Crippen molar-refractivity contribution in [1.82, 2.24) is 10.1 Å². The third-order valence-electron chi connectivity index (χ3n) is 8.28. The minimum Gasteiger partial charge on any atom is -0.431 e. The molecule has 0 aromatic carbocycles. The maximum Gasteiger partial charge on any atom is 0.508 e. The lowest BCUT2D eigenvalue weighted by molar-refractivity contribution is -0.293. The van der Waals surface area contributed by atoms with E-state index in [2.05, 4.69) is 67.4 Å². The number of carbonyl (C=O) groups excluding carboxylic acids is 1. The summed E-state index contributed by atoms with van der Waals surface area (Å²) in [7, 11) is 1.70. The first-order valence-corrected chi connectivity index (χ1v) is 15.3. The molecule has 2 aliphatic heterocycles. The lowest BCUT2D eigenvalue weighted by Crippen LogP contribution is -2.62. The summed E-state index contributed by atoms with van der Waals surface area (Å²) < 4.78 is 11.8. The Morgan fingerprint density at radius 3 is 1.39 bits per heavy atom. The molecule has 0 radical (unpaired) electrons. The molecule has 2 rings (SSSR count). The van der Waals surface area contributed by atoms with Crippen LogP contribution in [0.5, 0.6) is 0 Å². The fourth-order valence-electron chi connectivity index (χ4n) is 7.22. The quantitative estimate of drug-likeness (QED) is 0.162. The fourth-order valence-corrected chi connectivity index (χ4v) is 7.22. The van der Waals surface area contributed by atoms with Gasteiger partial charge in [0, 0.05) is 47.8 Å². The van der Waals surface area contributed by atoms with Crippen LogP contribution in [0, 0.1) is 0 Å². The van der Waals surface area contributed by atoms with Crippen molar-refractivity contribution in [3.63, 3.8) is 0 Å². The van der Waals surface area contributed by atoms with Gasteiger partial charge in [-0.15, -0.1) is 0 Å². The zero-order valence-electron chi connectivity index (χ0n) is 26.5. The summed E-state index contributed by atoms with van der Waals surface area (Å²) in [6.07, 6.45) is 13.6. The minimum absolute atomic E-state index is 0.208. The summed E-state index contributed by atoms with van der Waals surface area (Å²) in [5.74, 6) is 0. The smallest absolute Gasteiger partial charge is 0.431 e. The van der Waals surface area contributed by atoms with Gasteiger partial charge in [-0.2, -0.15) is 10.1 Å². The Hall–Kier alpha value is -0.890. The summed E-state index contributed by atoms with van der Waals surface area (Å²) in [6.45, 7) is 20.2. The zero-order chi connectivity index (χ0) is 28.6. The lowest BCUT2D eigenvalue weighted by Gasteiger charge is -2.53. The third-order valence-corrected chi connectivity index (χ3v) is 8.28. The molecule has 2 fully saturated rings. The molecule has 0 aromatic heterocycles. The van der Waals surface area contributed by atoms with Gasteiger partial charge in [-0.05, 0) is 61.8 Å². The molecule has 0 aliphatic carbocycles. The molecular weight excluding hydrogens is 480 g/mol. The number of hydrogen-bond acceptors (Lipinski definition) is 7. The monoisotopic (exact) mass is 540 g/mol. The molecule has 0 saturated carbocycles. The predicted octanol–water partition coefficient (Wildman–Crippen LogP) is 8.21. The van der Waals surface area contributed by atoms with Crippen LogP contribution in [-0.2, 0) is 19.1 Å². The average Bonchev–Trinajstić information content (AvgIpc) is 2.74. The molecule has 0 atom stereocenters. The second-order valence-electron chi connectivity index (χ2n) is 14.2. The Morgan fingerprint density at radius 2 is 1.00 bits per heavy atom. The largest absolute Gasteiger partial charge is 0.508 e. The van der Waals surface area contributed by atoms with Gasteiger partial charge in [0.1, 0.15) is 12.2 Å². The van der Waals surface area contributed by atoms with Gasteiger partial charge in [0.15, 0.2) is 0 Å². The Kier molecular flexibility index (Phi) is 12.4. The first kappa shape index (κ1) is 33.3. The topological polar surface area (TPSA) is 60.5 Å². The van der Waals surface area contributed by atoms with Crippen molar-refractivity contribution in [2.75, 3.05) is 13.7 Å². The van der Waals surface area contributed by atoms with Crippen molar-refractivity contribution in [1.29, 1.82) is 0 Å². The number of unbranched alkanes of at least 4 members (excludes halogenated alkanes) is 8. The number of hydroxylamine groups is 4. The van der Waals surface area contributed by atoms with E-state index in [0.717, 1.165) is 13.0 Å². The Balaban J connectivity index is 1.80. The lowest BCUT2D eigenvalue weighted by atomic mass is 9.80. The highest BCUT2D eigenvalue weighted by molar-refractivity contribution is 5.60. The van der Waals surface area contributed by atoms with Crippen LogP contribution in [0.4, 0.5) is 4.79 Å². The highest BCUT2D eigenvalue weighted by Gasteiger charge is 2.50. The van der Waals surface area contributed by atoms with Gasteiger partial charge in [-0.25, -0.2) is 4.79 Å². The van der Waals surface area contributed by atoms with Crippen molar-refractivity contribution >= 4 is 6.16 Å². The van der Waals surface area contributed by atoms with E-state index in [4.69, 9.17) is 19.1 Å². The van der Waals surface area contributed by atoms with E-state index >= 15 is 0 Å². The van der Waals surface area contributed by atoms with Gasteiger partial charge in [0.25, 0.3) is 0 Å². The Labute approximate surface area is 234 Å². The van der Waals surface area contributed by atoms with Gasteiger partial charge in [-0.3, -0.25) is 4.84 Å². The molecule has 0 N–H and O–H groups in total. The van der Waals surface area contributed by atoms with Gasteiger partial charge in [0.2, 0.25) is 0 Å². The standard InChI is InChI=1S/C31H60N2O5/c1-11-12-13-14-15-16-17-18-19-20-36-33-30(6,7)23-26(24-31(33,8)9)38-27(34)37-25-21-28(2,3)32(35-10)29(4,5)22-25/h25-26H,11-24H2,1-10H3. The summed E-state index contributed by atoms with van der Waals surface area (Å²) >= 11 is 0. The zero-order valence-corrected chi connectivity index (χ0v) is 26.5. The van der Waals surface area contributed by atoms with E-state index in [9.17, 15) is 4.79 Å². The number of rotatable bonds is 14. The first-order chi connectivity index (χ1) is 17.6. The van der Waals surface area contributed by atoms with Gasteiger partial charge in [0.05, 0.1) is 13.7 Å². The summed E-state index contributed by atoms with van der Waals surface area (Å²) in [5, 5.41) is 4.17. The maximum atomic E-state index is 12.9. The van der Waals surface area contributed by atoms with Gasteiger partial charge >= 0.3 is 6.16 Å². The van der Waals surface area contributed by atoms with Crippen LogP contribution in [-0.4, -0.2) is 64.4 Å². The Bertz CT molecular complexity index is 685. The van der Waals surface area contributed by atoms with Crippen LogP contribution < -0.4 is 0 Å². The van der Waals surface area contributed by atoms with Crippen molar-refractivity contribution < 1.29 is 23.9 Å². The van der Waals surface area contributed by atoms with Crippen LogP contribution in [0.15, 0.2) is 0 Å². The number of nitrogens with zero attached hydrogens (tertiary/aromatic N) is 2. The third kappa shape index (κ3) is 9.64. The van der Waals surface area contributed by atoms with Crippen molar-refractivity contribution in [2.24, 2.45) is 0 Å². The molecule has 0 unspecified atom stereocenters. The second-order valence-corrected chi connectivity index (χ2v) is 14.2. The summed E-state index contributed by atoms with van der Waals surface area (Å²) in [6, 6.07) is 0. The first-order valence-electron chi connectivity index (χ1n) is 15.3. The number of piperidine rings is 2. The molecule has 0 aromatic rings. The number of ether oxygens (including phenoxy) is 2. The molecule has 7 heteroatoms. The van der Waals surface area contributed by atoms with Crippen LogP contribution >= 0.6 is 0 Å². The molecule has 2 saturated heterocycles. The molecule has 224 valence electrons. The highest BCUT2D eigenvalue weighted by Crippen LogP contribution is 2.41. The van der Waals surface area contributed by atoms with Gasteiger partial charge < -0.3 is 14.3 Å². The van der Waals surface area contributed by atoms with E-state index < -0.39 is 6.16 Å². The molecule has 0 bridgehead atoms. The predicted molar refractivity (Wildman–Crippen MR) is 154 cm³/mol. The van der Waals surface area contributed by atoms with Crippen molar-refractivity contribution in [3.05, 3.63) is 0 Å². The molecular formula is C31H60N2O5. The maximum absolute atomic E-state index is 12.9. The molecule has 0 spiro atoms. The van der Waals surface area contributed by atoms with E-state index in [-0.39, 0.29) is 34.4 Å². The minimum atomic E-state index is -0.562. The van der Waals surface area contributed by atoms with Crippen molar-refractivity contribution in [2.45, 2.75) is 180 Å². The van der Waals surface area contributed by atoms with Crippen LogP contribution in [0.25, 0.3) is 0 Å². The van der Waals surface area contributed by atoms with E-state index in [1.807, 2.05) is 5.06 Å². The average molecular weight is 541 g/mol. The molecule has 0 amide bonds. The van der Waals surface area contributed by atoms with Crippen LogP contribution in [0.3, 0.4) is 0 Å². The SMILES string of the molecule is CCCCCCCCCCCON1C(C)(C)CC(OC(=O)OC2CC(C)(C)N(OC)C(C)(C)C2)CC1(C)C. The summed E-state index contributed by atoms with van der Waals surface area (Å²) in [4.78, 5) is 24.9. The van der Waals surface area contributed by atoms with Crippen molar-refractivity contribution in [3.8, 4) is 0 Å². The highest BCUT2D eigenvalue weighted by atomic mass is 16.7. The molecule has 2 heterocycles. The molecule has 38 heavy (non-hydrogen) atoms. The second kappa shape index (κ2) is 14.1. The summed E-state index contributed by atoms with van der Waals surface area (Å²) in [5.41, 5.74) is -0.995. The molecule has 2 aliphatic rings.